The summed E-state index contributed by atoms with van der Waals surface area (Å²) in [5, 5.41) is 0. The standard InChI is InChI=1S/C13H18O2/c1-5-11(14)15-13-7-6-10(8-13)9(2)12(13,3)4/h5,10H,1-2,6-8H2,3-4H3. The molecule has 0 N–H and O–H groups in total. The van der Waals surface area contributed by atoms with Crippen molar-refractivity contribution in [2.24, 2.45) is 11.3 Å². The van der Waals surface area contributed by atoms with Crippen LogP contribution in [0, 0.1) is 11.3 Å². The van der Waals surface area contributed by atoms with Gasteiger partial charge in [-0.25, -0.2) is 4.79 Å². The van der Waals surface area contributed by atoms with Gasteiger partial charge in [0, 0.05) is 11.5 Å². The highest BCUT2D eigenvalue weighted by molar-refractivity contribution is 5.81. The fourth-order valence-electron chi connectivity index (χ4n) is 3.13. The molecule has 2 heteroatoms. The summed E-state index contributed by atoms with van der Waals surface area (Å²) in [6, 6.07) is 0. The van der Waals surface area contributed by atoms with E-state index in [1.54, 1.807) is 0 Å². The fraction of sp³-hybridized carbons (Fsp3) is 0.615. The SMILES string of the molecule is C=CC(=O)OC12CCC(C1)C(=C)C2(C)C. The van der Waals surface area contributed by atoms with Gasteiger partial charge in [0.05, 0.1) is 0 Å². The molecular weight excluding hydrogens is 188 g/mol. The van der Waals surface area contributed by atoms with Crippen LogP contribution in [0.15, 0.2) is 24.8 Å². The Balaban J connectivity index is 2.31. The third-order valence-corrected chi connectivity index (χ3v) is 4.37. The van der Waals surface area contributed by atoms with Crippen molar-refractivity contribution in [2.45, 2.75) is 38.7 Å². The lowest BCUT2D eigenvalue weighted by Gasteiger charge is -2.41. The Morgan fingerprint density at radius 1 is 1.60 bits per heavy atom. The summed E-state index contributed by atoms with van der Waals surface area (Å²) < 4.78 is 5.61. The molecule has 2 unspecified atom stereocenters. The minimum atomic E-state index is -0.319. The maximum Gasteiger partial charge on any atom is 0.330 e. The molecule has 2 saturated carbocycles. The monoisotopic (exact) mass is 206 g/mol. The Morgan fingerprint density at radius 3 is 2.73 bits per heavy atom. The van der Waals surface area contributed by atoms with Gasteiger partial charge in [0.2, 0.25) is 0 Å². The van der Waals surface area contributed by atoms with Crippen molar-refractivity contribution in [2.75, 3.05) is 0 Å². The molecule has 0 aromatic heterocycles. The largest absolute Gasteiger partial charge is 0.455 e. The zero-order chi connectivity index (χ0) is 11.3. The fourth-order valence-corrected chi connectivity index (χ4v) is 3.13. The highest BCUT2D eigenvalue weighted by Gasteiger charge is 2.61. The van der Waals surface area contributed by atoms with Gasteiger partial charge in [-0.1, -0.05) is 32.6 Å². The second kappa shape index (κ2) is 2.97. The molecule has 0 amide bonds. The lowest BCUT2D eigenvalue weighted by molar-refractivity contribution is -0.162. The number of carbonyl (C=O) groups excluding carboxylic acids is 1. The van der Waals surface area contributed by atoms with Crippen LogP contribution in [0.4, 0.5) is 0 Å². The molecule has 82 valence electrons. The zero-order valence-electron chi connectivity index (χ0n) is 9.51. The first-order valence-electron chi connectivity index (χ1n) is 5.48. The quantitative estimate of drug-likeness (QED) is 0.394. The molecule has 0 aromatic carbocycles. The average molecular weight is 206 g/mol. The van der Waals surface area contributed by atoms with Crippen LogP contribution in [-0.4, -0.2) is 11.6 Å². The molecule has 2 atom stereocenters. The molecule has 15 heavy (non-hydrogen) atoms. The molecule has 0 heterocycles. The molecule has 2 rings (SSSR count). The van der Waals surface area contributed by atoms with E-state index in [0.717, 1.165) is 19.3 Å². The minimum Gasteiger partial charge on any atom is -0.455 e. The molecule has 0 saturated heterocycles. The van der Waals surface area contributed by atoms with Gasteiger partial charge in [-0.3, -0.25) is 0 Å². The van der Waals surface area contributed by atoms with Crippen molar-refractivity contribution in [1.29, 1.82) is 0 Å². The highest BCUT2D eigenvalue weighted by Crippen LogP contribution is 2.62. The third kappa shape index (κ3) is 1.20. The van der Waals surface area contributed by atoms with Crippen LogP contribution in [-0.2, 0) is 9.53 Å². The van der Waals surface area contributed by atoms with Crippen molar-refractivity contribution < 1.29 is 9.53 Å². The molecule has 2 fully saturated rings. The van der Waals surface area contributed by atoms with Crippen LogP contribution < -0.4 is 0 Å². The van der Waals surface area contributed by atoms with E-state index in [1.165, 1.54) is 11.6 Å². The van der Waals surface area contributed by atoms with Crippen LogP contribution in [0.5, 0.6) is 0 Å². The predicted molar refractivity (Wildman–Crippen MR) is 59.3 cm³/mol. The van der Waals surface area contributed by atoms with Crippen LogP contribution in [0.3, 0.4) is 0 Å². The summed E-state index contributed by atoms with van der Waals surface area (Å²) in [6.07, 6.45) is 4.26. The lowest BCUT2D eigenvalue weighted by Crippen LogP contribution is -2.44. The first kappa shape index (κ1) is 10.5. The van der Waals surface area contributed by atoms with Gasteiger partial charge in [0.25, 0.3) is 0 Å². The van der Waals surface area contributed by atoms with Gasteiger partial charge in [-0.05, 0) is 25.2 Å². The van der Waals surface area contributed by atoms with E-state index in [2.05, 4.69) is 27.0 Å². The molecule has 0 radical (unpaired) electrons. The number of hydrogen-bond donors (Lipinski definition) is 0. The lowest BCUT2D eigenvalue weighted by atomic mass is 9.70. The van der Waals surface area contributed by atoms with E-state index in [1.807, 2.05) is 0 Å². The number of fused-ring (bicyclic) bond motifs is 2. The van der Waals surface area contributed by atoms with Crippen LogP contribution >= 0.6 is 0 Å². The van der Waals surface area contributed by atoms with Crippen LogP contribution in [0.1, 0.15) is 33.1 Å². The summed E-state index contributed by atoms with van der Waals surface area (Å²) in [5.41, 5.74) is 0.833. The molecule has 2 aliphatic carbocycles. The van der Waals surface area contributed by atoms with Crippen molar-refractivity contribution in [1.82, 2.24) is 0 Å². The second-order valence-corrected chi connectivity index (χ2v) is 5.21. The summed E-state index contributed by atoms with van der Waals surface area (Å²) in [6.45, 7) is 11.9. The zero-order valence-corrected chi connectivity index (χ0v) is 9.51. The Bertz CT molecular complexity index is 340. The summed E-state index contributed by atoms with van der Waals surface area (Å²) >= 11 is 0. The molecule has 2 aliphatic rings. The van der Waals surface area contributed by atoms with Gasteiger partial charge in [0.15, 0.2) is 0 Å². The van der Waals surface area contributed by atoms with Gasteiger partial charge >= 0.3 is 5.97 Å². The molecule has 0 spiro atoms. The Morgan fingerprint density at radius 2 is 2.27 bits per heavy atom. The van der Waals surface area contributed by atoms with Crippen molar-refractivity contribution in [3.63, 3.8) is 0 Å². The topological polar surface area (TPSA) is 26.3 Å². The Hall–Kier alpha value is -1.05. The number of rotatable bonds is 2. The van der Waals surface area contributed by atoms with Gasteiger partial charge in [-0.15, -0.1) is 0 Å². The van der Waals surface area contributed by atoms with Crippen LogP contribution in [0.25, 0.3) is 0 Å². The van der Waals surface area contributed by atoms with E-state index in [0.29, 0.717) is 5.92 Å². The van der Waals surface area contributed by atoms with E-state index >= 15 is 0 Å². The highest BCUT2D eigenvalue weighted by atomic mass is 16.6. The van der Waals surface area contributed by atoms with E-state index in [9.17, 15) is 4.79 Å². The van der Waals surface area contributed by atoms with Crippen LogP contribution in [0.2, 0.25) is 0 Å². The molecular formula is C13H18O2. The molecule has 0 aliphatic heterocycles. The van der Waals surface area contributed by atoms with Gasteiger partial charge < -0.3 is 4.74 Å². The first-order chi connectivity index (χ1) is 6.93. The first-order valence-corrected chi connectivity index (χ1v) is 5.48. The number of hydrogen-bond acceptors (Lipinski definition) is 2. The second-order valence-electron chi connectivity index (χ2n) is 5.21. The minimum absolute atomic E-state index is 0.0887. The number of ether oxygens (including phenoxy) is 1. The normalized spacial score (nSPS) is 36.7. The number of carbonyl (C=O) groups is 1. The van der Waals surface area contributed by atoms with Gasteiger partial charge in [0.1, 0.15) is 5.60 Å². The molecule has 2 bridgehead atoms. The molecule has 0 aromatic rings. The van der Waals surface area contributed by atoms with E-state index in [4.69, 9.17) is 4.74 Å². The van der Waals surface area contributed by atoms with E-state index in [-0.39, 0.29) is 17.0 Å². The smallest absolute Gasteiger partial charge is 0.330 e. The summed E-state index contributed by atoms with van der Waals surface area (Å²) in [4.78, 5) is 11.4. The number of esters is 1. The van der Waals surface area contributed by atoms with Crippen molar-refractivity contribution in [3.8, 4) is 0 Å². The van der Waals surface area contributed by atoms with E-state index < -0.39 is 0 Å². The van der Waals surface area contributed by atoms with Crippen molar-refractivity contribution >= 4 is 5.97 Å². The average Bonchev–Trinajstić information content (AvgIpc) is 2.67. The van der Waals surface area contributed by atoms with Gasteiger partial charge in [-0.2, -0.15) is 0 Å². The predicted octanol–water partition coefficient (Wildman–Crippen LogP) is 2.85. The molecule has 2 nitrogen and oxygen atoms in total. The maximum atomic E-state index is 11.4. The summed E-state index contributed by atoms with van der Waals surface area (Å²) in [5.74, 6) is 0.232. The Labute approximate surface area is 91.0 Å². The maximum absolute atomic E-state index is 11.4. The Kier molecular flexibility index (Phi) is 2.07. The van der Waals surface area contributed by atoms with Crippen molar-refractivity contribution in [3.05, 3.63) is 24.8 Å². The summed E-state index contributed by atoms with van der Waals surface area (Å²) in [7, 11) is 0. The third-order valence-electron chi connectivity index (χ3n) is 4.37.